The van der Waals surface area contributed by atoms with Gasteiger partial charge in [-0.05, 0) is 42.2 Å². The maximum Gasteiger partial charge on any atom is 0.140 e. The fourth-order valence-electron chi connectivity index (χ4n) is 3.46. The highest BCUT2D eigenvalue weighted by molar-refractivity contribution is 7.10. The minimum atomic E-state index is 0.241. The third-order valence-corrected chi connectivity index (χ3v) is 5.40. The second kappa shape index (κ2) is 4.93. The normalized spacial score (nSPS) is 24.8. The van der Waals surface area contributed by atoms with E-state index in [-0.39, 0.29) is 5.92 Å². The van der Waals surface area contributed by atoms with E-state index in [1.54, 1.807) is 0 Å². The van der Waals surface area contributed by atoms with Gasteiger partial charge in [-0.3, -0.25) is 4.79 Å². The zero-order valence-electron chi connectivity index (χ0n) is 10.3. The molecule has 3 rings (SSSR count). The van der Waals surface area contributed by atoms with Crippen LogP contribution in [0.1, 0.15) is 61.3 Å². The Morgan fingerprint density at radius 3 is 2.88 bits per heavy atom. The Morgan fingerprint density at radius 1 is 1.24 bits per heavy atom. The van der Waals surface area contributed by atoms with Crippen LogP contribution in [-0.2, 0) is 11.2 Å². The number of ketones is 1. The topological polar surface area (TPSA) is 17.1 Å². The molecule has 2 heteroatoms. The molecule has 0 N–H and O–H groups in total. The van der Waals surface area contributed by atoms with Crippen LogP contribution < -0.4 is 0 Å². The minimum Gasteiger partial charge on any atom is -0.299 e. The average Bonchev–Trinajstić information content (AvgIpc) is 2.97. The summed E-state index contributed by atoms with van der Waals surface area (Å²) in [6.45, 7) is 0. The maximum absolute atomic E-state index is 12.4. The second-order valence-corrected chi connectivity index (χ2v) is 6.57. The van der Waals surface area contributed by atoms with Crippen molar-refractivity contribution in [2.75, 3.05) is 0 Å². The van der Waals surface area contributed by atoms with Gasteiger partial charge in [-0.15, -0.1) is 11.3 Å². The van der Waals surface area contributed by atoms with Crippen LogP contribution in [0, 0.1) is 5.92 Å². The molecule has 0 saturated heterocycles. The Labute approximate surface area is 107 Å². The largest absolute Gasteiger partial charge is 0.299 e. The highest BCUT2D eigenvalue weighted by Crippen LogP contribution is 2.38. The molecule has 1 nitrogen and oxygen atoms in total. The van der Waals surface area contributed by atoms with Gasteiger partial charge in [0.25, 0.3) is 0 Å². The number of hydrogen-bond acceptors (Lipinski definition) is 2. The van der Waals surface area contributed by atoms with E-state index in [2.05, 4.69) is 11.4 Å². The number of carbonyl (C=O) groups is 1. The number of rotatable bonds is 3. The van der Waals surface area contributed by atoms with Crippen molar-refractivity contribution in [3.63, 3.8) is 0 Å². The fourth-order valence-corrected chi connectivity index (χ4v) is 4.45. The first-order valence-electron chi connectivity index (χ1n) is 6.93. The van der Waals surface area contributed by atoms with Crippen molar-refractivity contribution in [1.82, 2.24) is 0 Å². The minimum absolute atomic E-state index is 0.241. The molecular formula is C15H20OS. The number of hydrogen-bond donors (Lipinski definition) is 0. The van der Waals surface area contributed by atoms with Crippen LogP contribution in [0.5, 0.6) is 0 Å². The molecule has 1 aromatic heterocycles. The second-order valence-electron chi connectivity index (χ2n) is 5.56. The molecule has 0 aromatic carbocycles. The molecule has 0 amide bonds. The van der Waals surface area contributed by atoms with Gasteiger partial charge in [-0.2, -0.15) is 0 Å². The maximum atomic E-state index is 12.4. The highest BCUT2D eigenvalue weighted by Gasteiger charge is 2.29. The van der Waals surface area contributed by atoms with E-state index >= 15 is 0 Å². The van der Waals surface area contributed by atoms with E-state index in [1.807, 2.05) is 11.3 Å². The first-order chi connectivity index (χ1) is 8.34. The molecule has 92 valence electrons. The molecule has 1 saturated carbocycles. The lowest BCUT2D eigenvalue weighted by molar-refractivity contribution is -0.121. The van der Waals surface area contributed by atoms with Crippen LogP contribution >= 0.6 is 11.3 Å². The Morgan fingerprint density at radius 2 is 2.06 bits per heavy atom. The summed E-state index contributed by atoms with van der Waals surface area (Å²) in [6, 6.07) is 2.19. The molecule has 2 aliphatic rings. The summed E-state index contributed by atoms with van der Waals surface area (Å²) in [6.07, 6.45) is 9.59. The van der Waals surface area contributed by atoms with E-state index in [4.69, 9.17) is 0 Å². The van der Waals surface area contributed by atoms with E-state index in [0.29, 0.717) is 11.7 Å². The van der Waals surface area contributed by atoms with Crippen molar-refractivity contribution >= 4 is 17.1 Å². The quantitative estimate of drug-likeness (QED) is 0.778. The van der Waals surface area contributed by atoms with Crippen LogP contribution in [-0.4, -0.2) is 5.78 Å². The number of aryl methyl sites for hydroxylation is 1. The molecule has 1 heterocycles. The van der Waals surface area contributed by atoms with Crippen LogP contribution in [0.25, 0.3) is 0 Å². The first-order valence-corrected chi connectivity index (χ1v) is 7.81. The van der Waals surface area contributed by atoms with Crippen LogP contribution in [0.2, 0.25) is 0 Å². The lowest BCUT2D eigenvalue weighted by Crippen LogP contribution is -2.19. The van der Waals surface area contributed by atoms with Gasteiger partial charge in [0.1, 0.15) is 5.78 Å². The Bertz CT molecular complexity index is 401. The van der Waals surface area contributed by atoms with Crippen molar-refractivity contribution < 1.29 is 4.79 Å². The van der Waals surface area contributed by atoms with Crippen molar-refractivity contribution in [1.29, 1.82) is 0 Å². The lowest BCUT2D eigenvalue weighted by Gasteiger charge is -2.22. The predicted octanol–water partition coefficient (Wildman–Crippen LogP) is 4.32. The van der Waals surface area contributed by atoms with Crippen LogP contribution in [0.15, 0.2) is 11.4 Å². The molecule has 0 aliphatic heterocycles. The Kier molecular flexibility index (Phi) is 3.32. The molecule has 2 aliphatic carbocycles. The predicted molar refractivity (Wildman–Crippen MR) is 71.6 cm³/mol. The zero-order valence-corrected chi connectivity index (χ0v) is 11.1. The molecular weight excluding hydrogens is 228 g/mol. The first kappa shape index (κ1) is 11.5. The summed E-state index contributed by atoms with van der Waals surface area (Å²) >= 11 is 1.84. The summed E-state index contributed by atoms with van der Waals surface area (Å²) in [5.74, 6) is 1.47. The molecule has 1 aromatic rings. The summed E-state index contributed by atoms with van der Waals surface area (Å²) in [5, 5.41) is 2.16. The van der Waals surface area contributed by atoms with Crippen LogP contribution in [0.4, 0.5) is 0 Å². The molecule has 0 spiro atoms. The van der Waals surface area contributed by atoms with Crippen molar-refractivity contribution in [2.24, 2.45) is 5.92 Å². The molecule has 0 radical (unpaired) electrons. The standard InChI is InChI=1S/C15H20OS/c16-14(10-11-4-1-2-5-11)12-6-3-7-15-13(12)8-9-17-15/h8-9,11-12H,1-7,10H2. The molecule has 1 atom stereocenters. The Balaban J connectivity index is 1.70. The fraction of sp³-hybridized carbons (Fsp3) is 0.667. The van der Waals surface area contributed by atoms with Gasteiger partial charge in [-0.1, -0.05) is 25.7 Å². The summed E-state index contributed by atoms with van der Waals surface area (Å²) in [7, 11) is 0. The third kappa shape index (κ3) is 2.33. The SMILES string of the molecule is O=C(CC1CCCC1)C1CCCc2sccc21. The molecule has 17 heavy (non-hydrogen) atoms. The van der Waals surface area contributed by atoms with Crippen LogP contribution in [0.3, 0.4) is 0 Å². The summed E-state index contributed by atoms with van der Waals surface area (Å²) in [4.78, 5) is 13.9. The molecule has 1 fully saturated rings. The highest BCUT2D eigenvalue weighted by atomic mass is 32.1. The van der Waals surface area contributed by atoms with Crippen molar-refractivity contribution in [3.8, 4) is 0 Å². The number of carbonyl (C=O) groups excluding carboxylic acids is 1. The van der Waals surface area contributed by atoms with Gasteiger partial charge in [0.15, 0.2) is 0 Å². The van der Waals surface area contributed by atoms with Gasteiger partial charge < -0.3 is 0 Å². The van der Waals surface area contributed by atoms with Crippen molar-refractivity contribution in [3.05, 3.63) is 21.9 Å². The Hall–Kier alpha value is -0.630. The van der Waals surface area contributed by atoms with Gasteiger partial charge >= 0.3 is 0 Å². The summed E-state index contributed by atoms with van der Waals surface area (Å²) < 4.78 is 0. The van der Waals surface area contributed by atoms with E-state index in [1.165, 1.54) is 49.0 Å². The number of Topliss-reactive ketones (excluding diaryl/α,β-unsaturated/α-hetero) is 1. The average molecular weight is 248 g/mol. The monoisotopic (exact) mass is 248 g/mol. The number of thiophene rings is 1. The number of fused-ring (bicyclic) bond motifs is 1. The molecule has 1 unspecified atom stereocenters. The van der Waals surface area contributed by atoms with Gasteiger partial charge in [0, 0.05) is 17.2 Å². The third-order valence-electron chi connectivity index (χ3n) is 4.41. The van der Waals surface area contributed by atoms with Gasteiger partial charge in [-0.25, -0.2) is 0 Å². The van der Waals surface area contributed by atoms with E-state index < -0.39 is 0 Å². The van der Waals surface area contributed by atoms with Crippen molar-refractivity contribution in [2.45, 2.75) is 57.3 Å². The molecule has 0 bridgehead atoms. The van der Waals surface area contributed by atoms with E-state index in [9.17, 15) is 4.79 Å². The summed E-state index contributed by atoms with van der Waals surface area (Å²) in [5.41, 5.74) is 1.37. The zero-order chi connectivity index (χ0) is 11.7. The smallest absolute Gasteiger partial charge is 0.140 e. The van der Waals surface area contributed by atoms with Gasteiger partial charge in [0.2, 0.25) is 0 Å². The van der Waals surface area contributed by atoms with E-state index in [0.717, 1.165) is 12.8 Å². The van der Waals surface area contributed by atoms with Gasteiger partial charge in [0.05, 0.1) is 0 Å². The lowest BCUT2D eigenvalue weighted by atomic mass is 9.81.